The zero-order valence-corrected chi connectivity index (χ0v) is 16.3. The summed E-state index contributed by atoms with van der Waals surface area (Å²) in [7, 11) is 1.87. The predicted molar refractivity (Wildman–Crippen MR) is 88.4 cm³/mol. The maximum atomic E-state index is 11.6. The molecule has 1 atom stereocenters. The maximum absolute atomic E-state index is 11.6. The average Bonchev–Trinajstić information content (AvgIpc) is 2.22. The van der Waals surface area contributed by atoms with Crippen LogP contribution in [0.3, 0.4) is 0 Å². The third kappa shape index (κ3) is 6.91. The van der Waals surface area contributed by atoms with Gasteiger partial charge in [-0.15, -0.1) is 0 Å². The number of carbonyl (C=O) groups is 1. The lowest BCUT2D eigenvalue weighted by molar-refractivity contribution is -0.128. The van der Waals surface area contributed by atoms with Crippen LogP contribution in [0.1, 0.15) is 40.5 Å². The number of rotatable bonds is 6. The summed E-state index contributed by atoms with van der Waals surface area (Å²) in [5, 5.41) is 0.218. The second-order valence-corrected chi connectivity index (χ2v) is 14.0. The molecule has 0 aliphatic rings. The Kier molecular flexibility index (Phi) is 6.77. The van der Waals surface area contributed by atoms with Crippen molar-refractivity contribution >= 4 is 30.2 Å². The summed E-state index contributed by atoms with van der Waals surface area (Å²) in [6.07, 6.45) is 1.34. The van der Waals surface area contributed by atoms with E-state index in [-0.39, 0.29) is 15.3 Å². The molecule has 0 aliphatic carbocycles. The van der Waals surface area contributed by atoms with Gasteiger partial charge < -0.3 is 9.33 Å². The first-order valence-electron chi connectivity index (χ1n) is 6.81. The topological polar surface area (TPSA) is 29.5 Å². The third-order valence-electron chi connectivity index (χ3n) is 3.90. The standard InChI is InChI=1S/C14H30BrNO2Si/c1-13(2,3)19(7,8)18-11-14(4,15)10-9-12(17)16(5)6/h9-11H2,1-8H3. The van der Waals surface area contributed by atoms with Crippen LogP contribution in [0.15, 0.2) is 0 Å². The summed E-state index contributed by atoms with van der Waals surface area (Å²) in [5.74, 6) is 0.165. The van der Waals surface area contributed by atoms with Crippen LogP contribution in [-0.4, -0.2) is 44.2 Å². The van der Waals surface area contributed by atoms with Gasteiger partial charge in [0.15, 0.2) is 8.32 Å². The molecule has 0 aromatic rings. The molecule has 114 valence electrons. The number of halogens is 1. The summed E-state index contributed by atoms with van der Waals surface area (Å²) in [6.45, 7) is 14.0. The Labute approximate surface area is 128 Å². The lowest BCUT2D eigenvalue weighted by Crippen LogP contribution is -2.44. The van der Waals surface area contributed by atoms with Crippen molar-refractivity contribution in [2.75, 3.05) is 20.7 Å². The molecule has 0 bridgehead atoms. The highest BCUT2D eigenvalue weighted by Crippen LogP contribution is 2.38. The first-order valence-corrected chi connectivity index (χ1v) is 10.5. The van der Waals surface area contributed by atoms with E-state index < -0.39 is 8.32 Å². The van der Waals surface area contributed by atoms with Crippen LogP contribution in [0.5, 0.6) is 0 Å². The highest BCUT2D eigenvalue weighted by molar-refractivity contribution is 9.10. The minimum absolute atomic E-state index is 0.131. The van der Waals surface area contributed by atoms with Crippen molar-refractivity contribution in [3.8, 4) is 0 Å². The van der Waals surface area contributed by atoms with Crippen LogP contribution in [0.25, 0.3) is 0 Å². The molecule has 0 aromatic heterocycles. The number of nitrogens with zero attached hydrogens (tertiary/aromatic N) is 1. The first-order chi connectivity index (χ1) is 8.28. The number of hydrogen-bond acceptors (Lipinski definition) is 2. The second kappa shape index (κ2) is 6.72. The monoisotopic (exact) mass is 351 g/mol. The quantitative estimate of drug-likeness (QED) is 0.534. The van der Waals surface area contributed by atoms with Gasteiger partial charge in [0.1, 0.15) is 0 Å². The molecule has 1 unspecified atom stereocenters. The smallest absolute Gasteiger partial charge is 0.222 e. The van der Waals surface area contributed by atoms with E-state index in [2.05, 4.69) is 56.7 Å². The van der Waals surface area contributed by atoms with Gasteiger partial charge in [0.2, 0.25) is 5.91 Å². The Balaban J connectivity index is 4.35. The molecule has 19 heavy (non-hydrogen) atoms. The fourth-order valence-electron chi connectivity index (χ4n) is 1.21. The summed E-state index contributed by atoms with van der Waals surface area (Å²) >= 11 is 3.71. The largest absolute Gasteiger partial charge is 0.415 e. The van der Waals surface area contributed by atoms with Crippen molar-refractivity contribution in [2.45, 2.75) is 63.0 Å². The molecular weight excluding hydrogens is 322 g/mol. The minimum atomic E-state index is -1.72. The summed E-state index contributed by atoms with van der Waals surface area (Å²) in [6, 6.07) is 0. The van der Waals surface area contributed by atoms with E-state index in [1.807, 2.05) is 0 Å². The van der Waals surface area contributed by atoms with Gasteiger partial charge >= 0.3 is 0 Å². The molecule has 0 saturated heterocycles. The molecule has 0 fully saturated rings. The molecule has 0 saturated carbocycles. The van der Waals surface area contributed by atoms with Crippen LogP contribution >= 0.6 is 15.9 Å². The van der Waals surface area contributed by atoms with E-state index in [4.69, 9.17) is 4.43 Å². The Morgan fingerprint density at radius 3 is 2.05 bits per heavy atom. The SMILES string of the molecule is CN(C)C(=O)CCC(C)(Br)CO[Si](C)(C)C(C)(C)C. The normalized spacial score (nSPS) is 16.1. The van der Waals surface area contributed by atoms with Crippen LogP contribution < -0.4 is 0 Å². The van der Waals surface area contributed by atoms with Gasteiger partial charge in [0.25, 0.3) is 0 Å². The molecule has 0 radical (unpaired) electrons. The number of hydrogen-bond donors (Lipinski definition) is 0. The molecule has 0 spiro atoms. The van der Waals surface area contributed by atoms with E-state index in [1.165, 1.54) is 0 Å². The van der Waals surface area contributed by atoms with Gasteiger partial charge in [-0.1, -0.05) is 36.7 Å². The van der Waals surface area contributed by atoms with Crippen LogP contribution in [0, 0.1) is 0 Å². The van der Waals surface area contributed by atoms with Gasteiger partial charge in [-0.2, -0.15) is 0 Å². The Hall–Kier alpha value is 0.127. The maximum Gasteiger partial charge on any atom is 0.222 e. The molecule has 0 heterocycles. The van der Waals surface area contributed by atoms with E-state index in [0.29, 0.717) is 13.0 Å². The fraction of sp³-hybridized carbons (Fsp3) is 0.929. The van der Waals surface area contributed by atoms with Gasteiger partial charge in [-0.25, -0.2) is 0 Å². The van der Waals surface area contributed by atoms with Crippen molar-refractivity contribution in [1.82, 2.24) is 4.90 Å². The fourth-order valence-corrected chi connectivity index (χ4v) is 2.85. The predicted octanol–water partition coefficient (Wildman–Crippen LogP) is 4.03. The Morgan fingerprint density at radius 1 is 1.21 bits per heavy atom. The number of amides is 1. The van der Waals surface area contributed by atoms with Crippen molar-refractivity contribution < 1.29 is 9.22 Å². The van der Waals surface area contributed by atoms with Gasteiger partial charge in [-0.05, 0) is 31.5 Å². The highest BCUT2D eigenvalue weighted by Gasteiger charge is 2.38. The molecule has 0 rings (SSSR count). The molecule has 0 N–H and O–H groups in total. The highest BCUT2D eigenvalue weighted by atomic mass is 79.9. The van der Waals surface area contributed by atoms with E-state index in [1.54, 1.807) is 19.0 Å². The second-order valence-electron chi connectivity index (χ2n) is 7.25. The van der Waals surface area contributed by atoms with Gasteiger partial charge in [0, 0.05) is 31.4 Å². The van der Waals surface area contributed by atoms with Crippen LogP contribution in [0.4, 0.5) is 0 Å². The van der Waals surface area contributed by atoms with Crippen molar-refractivity contribution in [3.05, 3.63) is 0 Å². The first kappa shape index (κ1) is 19.1. The molecular formula is C14H30BrNO2Si. The Morgan fingerprint density at radius 2 is 1.68 bits per heavy atom. The molecule has 1 amide bonds. The van der Waals surface area contributed by atoms with Crippen LogP contribution in [-0.2, 0) is 9.22 Å². The molecule has 0 aliphatic heterocycles. The number of carbonyl (C=O) groups excluding carboxylic acids is 1. The molecule has 3 nitrogen and oxygen atoms in total. The number of alkyl halides is 1. The van der Waals surface area contributed by atoms with E-state index in [0.717, 1.165) is 6.42 Å². The lowest BCUT2D eigenvalue weighted by Gasteiger charge is -2.38. The van der Waals surface area contributed by atoms with E-state index >= 15 is 0 Å². The molecule has 0 aromatic carbocycles. The minimum Gasteiger partial charge on any atom is -0.415 e. The summed E-state index contributed by atoms with van der Waals surface area (Å²) in [5.41, 5.74) is 0. The van der Waals surface area contributed by atoms with Crippen molar-refractivity contribution in [2.24, 2.45) is 0 Å². The summed E-state index contributed by atoms with van der Waals surface area (Å²) in [4.78, 5) is 13.3. The van der Waals surface area contributed by atoms with Gasteiger partial charge in [-0.3, -0.25) is 4.79 Å². The zero-order chi connectivity index (χ0) is 15.5. The van der Waals surface area contributed by atoms with Crippen molar-refractivity contribution in [1.29, 1.82) is 0 Å². The van der Waals surface area contributed by atoms with Gasteiger partial charge in [0.05, 0.1) is 0 Å². The summed E-state index contributed by atoms with van der Waals surface area (Å²) < 4.78 is 6.09. The Bertz CT molecular complexity index is 309. The van der Waals surface area contributed by atoms with E-state index in [9.17, 15) is 4.79 Å². The third-order valence-corrected chi connectivity index (χ3v) is 9.00. The van der Waals surface area contributed by atoms with Crippen LogP contribution in [0.2, 0.25) is 18.1 Å². The van der Waals surface area contributed by atoms with Crippen molar-refractivity contribution in [3.63, 3.8) is 0 Å². The zero-order valence-electron chi connectivity index (χ0n) is 13.8. The lowest BCUT2D eigenvalue weighted by atomic mass is 10.1. The molecule has 5 heteroatoms. The average molecular weight is 352 g/mol.